The molecule has 0 heterocycles. The Kier molecular flexibility index (Phi) is 9.57. The number of carboxylic acid groups (broad SMARTS) is 1. The van der Waals surface area contributed by atoms with Crippen LogP contribution in [0.15, 0.2) is 23.1 Å². The second-order valence-corrected chi connectivity index (χ2v) is 3.37. The Morgan fingerprint density at radius 2 is 1.82 bits per heavy atom. The summed E-state index contributed by atoms with van der Waals surface area (Å²) in [6, 6.07) is 2.39. The Balaban J connectivity index is 0. The van der Waals surface area contributed by atoms with Gasteiger partial charge in [-0.1, -0.05) is 0 Å². The second kappa shape index (κ2) is 8.33. The Morgan fingerprint density at radius 3 is 2.18 bits per heavy atom. The van der Waals surface area contributed by atoms with Gasteiger partial charge in [0, 0.05) is 6.07 Å². The molecule has 10 heteroatoms. The van der Waals surface area contributed by atoms with Gasteiger partial charge in [-0.2, -0.15) is 0 Å². The second-order valence-electron chi connectivity index (χ2n) is 2.46. The molecule has 7 nitrogen and oxygen atoms in total. The average molecular weight is 275 g/mol. The van der Waals surface area contributed by atoms with E-state index >= 15 is 0 Å². The summed E-state index contributed by atoms with van der Waals surface area (Å²) < 4.78 is 21.2. The van der Waals surface area contributed by atoms with E-state index in [2.05, 4.69) is 0 Å². The van der Waals surface area contributed by atoms with Crippen molar-refractivity contribution in [2.75, 3.05) is 0 Å². The molecule has 0 bridgehead atoms. The van der Waals surface area contributed by atoms with Gasteiger partial charge in [-0.3, -0.25) is 14.3 Å². The van der Waals surface area contributed by atoms with Gasteiger partial charge in [0.25, 0.3) is 5.69 Å². The zero-order valence-corrected chi connectivity index (χ0v) is 13.9. The van der Waals surface area contributed by atoms with Crippen molar-refractivity contribution in [3.8, 4) is 0 Å². The van der Waals surface area contributed by atoms with Crippen LogP contribution in [0, 0.1) is 10.1 Å². The van der Waals surface area contributed by atoms with Crippen LogP contribution in [0.3, 0.4) is 0 Å². The molecule has 1 aromatic rings. The maximum absolute atomic E-state index is 10.6. The Bertz CT molecular complexity index is 466. The van der Waals surface area contributed by atoms with Crippen molar-refractivity contribution in [3.63, 3.8) is 0 Å². The van der Waals surface area contributed by atoms with Crippen molar-refractivity contribution in [3.05, 3.63) is 33.9 Å². The first-order valence-corrected chi connectivity index (χ1v) is 4.60. The predicted octanol–water partition coefficient (Wildman–Crippen LogP) is -6.80. The van der Waals surface area contributed by atoms with E-state index in [-0.39, 0.29) is 59.1 Å². The van der Waals surface area contributed by atoms with Crippen LogP contribution in [0.2, 0.25) is 0 Å². The molecule has 1 aromatic carbocycles. The van der Waals surface area contributed by atoms with Crippen molar-refractivity contribution < 1.29 is 82.7 Å². The zero-order valence-electron chi connectivity index (χ0n) is 9.04. The van der Waals surface area contributed by atoms with Gasteiger partial charge >= 0.3 is 59.1 Å². The Morgan fingerprint density at radius 1 is 1.29 bits per heavy atom. The third-order valence-corrected chi connectivity index (χ3v) is 2.26. The van der Waals surface area contributed by atoms with Crippen LogP contribution in [-0.4, -0.2) is 19.7 Å². The van der Waals surface area contributed by atoms with Crippen molar-refractivity contribution in [2.45, 2.75) is 4.90 Å². The van der Waals surface area contributed by atoms with E-state index in [9.17, 15) is 28.8 Å². The number of aromatic carboxylic acids is 1. The van der Waals surface area contributed by atoms with E-state index in [1.54, 1.807) is 0 Å². The molecule has 0 saturated heterocycles. The fourth-order valence-electron chi connectivity index (χ4n) is 0.925. The minimum atomic E-state index is -2.87. The molecule has 1 unspecified atom stereocenters. The number of hydrogen-bond donors (Lipinski definition) is 0. The summed E-state index contributed by atoms with van der Waals surface area (Å²) in [5, 5.41) is 20.8. The van der Waals surface area contributed by atoms with Gasteiger partial charge < -0.3 is 14.5 Å². The van der Waals surface area contributed by atoms with Gasteiger partial charge in [0.05, 0.1) is 10.9 Å². The molecular weight excluding hydrogens is 272 g/mol. The van der Waals surface area contributed by atoms with E-state index in [0.29, 0.717) is 6.07 Å². The fourth-order valence-corrected chi connectivity index (χ4v) is 1.46. The molecule has 17 heavy (non-hydrogen) atoms. The molecule has 0 saturated carbocycles. The van der Waals surface area contributed by atoms with Gasteiger partial charge in [0.2, 0.25) is 0 Å². The summed E-state index contributed by atoms with van der Waals surface area (Å²) in [6.45, 7) is 0. The topological polar surface area (TPSA) is 123 Å². The van der Waals surface area contributed by atoms with Gasteiger partial charge in [-0.05, 0) is 28.8 Å². The molecule has 0 radical (unpaired) electrons. The van der Waals surface area contributed by atoms with E-state index in [0.717, 1.165) is 12.1 Å². The maximum Gasteiger partial charge on any atom is 1.00 e. The quantitative estimate of drug-likeness (QED) is 0.234. The van der Waals surface area contributed by atoms with Crippen LogP contribution >= 0.6 is 0 Å². The molecule has 1 rings (SSSR count). The number of carboxylic acids is 1. The first-order valence-electron chi connectivity index (χ1n) is 3.52. The standard InChI is InChI=1S/C7H5NO6S.2Na/c9-7(10)4-1-2-5(8(11)12)6(3-4)15(13)14;;/h1-3H,(H,9,10)(H,13,14);;/q;2*+1/p-2. The van der Waals surface area contributed by atoms with Crippen LogP contribution in [0.1, 0.15) is 10.4 Å². The SMILES string of the molecule is O=C([O-])c1ccc([N+](=O)[O-])c(S(=O)[O-])c1.[Na+].[Na+]. The molecule has 1 atom stereocenters. The monoisotopic (exact) mass is 275 g/mol. The molecule has 80 valence electrons. The zero-order chi connectivity index (χ0) is 11.6. The summed E-state index contributed by atoms with van der Waals surface area (Å²) >= 11 is -2.87. The largest absolute Gasteiger partial charge is 1.00 e. The van der Waals surface area contributed by atoms with Crippen LogP contribution in [0.4, 0.5) is 5.69 Å². The molecule has 0 fully saturated rings. The van der Waals surface area contributed by atoms with Crippen LogP contribution in [-0.2, 0) is 11.1 Å². The predicted molar refractivity (Wildman–Crippen MR) is 44.6 cm³/mol. The molecule has 0 aliphatic rings. The number of nitro benzene ring substituents is 1. The van der Waals surface area contributed by atoms with Crippen molar-refractivity contribution >= 4 is 22.7 Å². The van der Waals surface area contributed by atoms with Crippen LogP contribution in [0.5, 0.6) is 0 Å². The number of nitro groups is 1. The first-order chi connectivity index (χ1) is 6.93. The molecule has 0 spiro atoms. The van der Waals surface area contributed by atoms with Gasteiger partial charge in [-0.15, -0.1) is 0 Å². The van der Waals surface area contributed by atoms with Gasteiger partial charge in [-0.25, -0.2) is 0 Å². The van der Waals surface area contributed by atoms with E-state index in [1.165, 1.54) is 0 Å². The number of nitrogens with zero attached hydrogens (tertiary/aromatic N) is 1. The van der Waals surface area contributed by atoms with Crippen molar-refractivity contribution in [1.29, 1.82) is 0 Å². The summed E-state index contributed by atoms with van der Waals surface area (Å²) in [7, 11) is 0. The van der Waals surface area contributed by atoms with E-state index in [1.807, 2.05) is 0 Å². The Hall–Kier alpha value is 0.200. The summed E-state index contributed by atoms with van der Waals surface area (Å²) in [5.41, 5.74) is -1.10. The third-order valence-electron chi connectivity index (χ3n) is 1.57. The number of rotatable bonds is 3. The molecule has 0 aliphatic heterocycles. The first kappa shape index (κ1) is 19.5. The smallest absolute Gasteiger partial charge is 0.768 e. The molecule has 0 N–H and O–H groups in total. The van der Waals surface area contributed by atoms with Crippen LogP contribution in [0.25, 0.3) is 0 Å². The number of hydrogen-bond acceptors (Lipinski definition) is 6. The minimum Gasteiger partial charge on any atom is -0.768 e. The molecule has 0 amide bonds. The number of benzene rings is 1. The maximum atomic E-state index is 10.6. The number of carbonyl (C=O) groups is 1. The molecular formula is C7H3NNa2O6S. The number of carbonyl (C=O) groups excluding carboxylic acids is 1. The molecule has 0 aliphatic carbocycles. The summed E-state index contributed by atoms with van der Waals surface area (Å²) in [4.78, 5) is 19.2. The third kappa shape index (κ3) is 5.14. The molecule has 0 aromatic heterocycles. The minimum absolute atomic E-state index is 0. The van der Waals surface area contributed by atoms with E-state index < -0.39 is 38.1 Å². The average Bonchev–Trinajstić information content (AvgIpc) is 2.16. The van der Waals surface area contributed by atoms with Crippen molar-refractivity contribution in [1.82, 2.24) is 0 Å². The van der Waals surface area contributed by atoms with Crippen molar-refractivity contribution in [2.24, 2.45) is 0 Å². The van der Waals surface area contributed by atoms with E-state index in [4.69, 9.17) is 0 Å². The van der Waals surface area contributed by atoms with Crippen LogP contribution < -0.4 is 64.2 Å². The van der Waals surface area contributed by atoms with Gasteiger partial charge in [0.1, 0.15) is 4.90 Å². The van der Waals surface area contributed by atoms with Gasteiger partial charge in [0.15, 0.2) is 0 Å². The summed E-state index contributed by atoms with van der Waals surface area (Å²) in [5.74, 6) is -1.60. The summed E-state index contributed by atoms with van der Waals surface area (Å²) in [6.07, 6.45) is 0. The normalized spacial score (nSPS) is 10.6. The fraction of sp³-hybridized carbons (Fsp3) is 0. The Labute approximate surface area is 143 Å².